The summed E-state index contributed by atoms with van der Waals surface area (Å²) in [5.74, 6) is 0.355. The van der Waals surface area contributed by atoms with Crippen LogP contribution in [0, 0.1) is 12.8 Å². The highest BCUT2D eigenvalue weighted by atomic mass is 16.5. The lowest BCUT2D eigenvalue weighted by Crippen LogP contribution is -2.34. The first kappa shape index (κ1) is 13.3. The molecular formula is C14H17N3O2. The van der Waals surface area contributed by atoms with Crippen LogP contribution < -0.4 is 4.90 Å². The van der Waals surface area contributed by atoms with Crippen molar-refractivity contribution >= 4 is 11.9 Å². The van der Waals surface area contributed by atoms with Crippen LogP contribution in [0.15, 0.2) is 34.9 Å². The minimum Gasteiger partial charge on any atom is -0.315 e. The molecule has 1 heterocycles. The van der Waals surface area contributed by atoms with Gasteiger partial charge >= 0.3 is 6.01 Å². The third-order valence-electron chi connectivity index (χ3n) is 2.69. The number of aromatic nitrogens is 2. The molecule has 2 aromatic rings. The Balaban J connectivity index is 2.27. The minimum absolute atomic E-state index is 0.0347. The van der Waals surface area contributed by atoms with Crippen molar-refractivity contribution in [1.29, 1.82) is 0 Å². The summed E-state index contributed by atoms with van der Waals surface area (Å²) >= 11 is 0. The summed E-state index contributed by atoms with van der Waals surface area (Å²) in [5, 5.41) is 3.74. The van der Waals surface area contributed by atoms with Gasteiger partial charge in [0.25, 0.3) is 0 Å². The maximum Gasteiger partial charge on any atom is 0.331 e. The topological polar surface area (TPSA) is 59.2 Å². The molecule has 1 aromatic heterocycles. The van der Waals surface area contributed by atoms with Gasteiger partial charge in [-0.2, -0.15) is 4.98 Å². The quantitative estimate of drug-likeness (QED) is 0.846. The Bertz CT molecular complexity index is 549. The van der Waals surface area contributed by atoms with E-state index in [0.29, 0.717) is 12.4 Å². The zero-order valence-corrected chi connectivity index (χ0v) is 11.3. The molecule has 0 aliphatic heterocycles. The molecule has 2 rings (SSSR count). The molecule has 0 unspecified atom stereocenters. The predicted molar refractivity (Wildman–Crippen MR) is 71.5 cm³/mol. The van der Waals surface area contributed by atoms with Gasteiger partial charge in [0.2, 0.25) is 5.91 Å². The van der Waals surface area contributed by atoms with Gasteiger partial charge in [-0.1, -0.05) is 49.3 Å². The number of hydrogen-bond donors (Lipinski definition) is 0. The second-order valence-electron chi connectivity index (χ2n) is 4.69. The van der Waals surface area contributed by atoms with Crippen LogP contribution in [0.4, 0.5) is 6.01 Å². The number of benzene rings is 1. The highest BCUT2D eigenvalue weighted by Gasteiger charge is 2.23. The van der Waals surface area contributed by atoms with Gasteiger partial charge < -0.3 is 4.52 Å². The predicted octanol–water partition coefficient (Wildman–Crippen LogP) is 2.57. The first-order chi connectivity index (χ1) is 9.08. The largest absolute Gasteiger partial charge is 0.331 e. The van der Waals surface area contributed by atoms with E-state index < -0.39 is 0 Å². The lowest BCUT2D eigenvalue weighted by Gasteiger charge is -2.20. The highest BCUT2D eigenvalue weighted by Crippen LogP contribution is 2.17. The summed E-state index contributed by atoms with van der Waals surface area (Å²) < 4.78 is 5.11. The Hall–Kier alpha value is -2.17. The lowest BCUT2D eigenvalue weighted by atomic mass is 10.1. The molecule has 19 heavy (non-hydrogen) atoms. The minimum atomic E-state index is -0.129. The number of rotatable bonds is 4. The van der Waals surface area contributed by atoms with E-state index in [4.69, 9.17) is 4.52 Å². The van der Waals surface area contributed by atoms with E-state index in [1.807, 2.05) is 44.2 Å². The number of nitrogens with zero attached hydrogens (tertiary/aromatic N) is 3. The van der Waals surface area contributed by atoms with E-state index in [2.05, 4.69) is 10.1 Å². The summed E-state index contributed by atoms with van der Waals surface area (Å²) in [6, 6.07) is 9.99. The molecule has 5 heteroatoms. The van der Waals surface area contributed by atoms with Gasteiger partial charge in [-0.15, -0.1) is 0 Å². The van der Waals surface area contributed by atoms with Crippen molar-refractivity contribution in [3.05, 3.63) is 41.7 Å². The van der Waals surface area contributed by atoms with Crippen molar-refractivity contribution in [2.45, 2.75) is 27.3 Å². The fourth-order valence-electron chi connectivity index (χ4n) is 1.71. The van der Waals surface area contributed by atoms with Crippen molar-refractivity contribution in [2.75, 3.05) is 4.90 Å². The van der Waals surface area contributed by atoms with Crippen molar-refractivity contribution < 1.29 is 9.32 Å². The average Bonchev–Trinajstić information content (AvgIpc) is 2.83. The van der Waals surface area contributed by atoms with Gasteiger partial charge in [-0.3, -0.25) is 9.69 Å². The molecule has 0 aliphatic rings. The van der Waals surface area contributed by atoms with Crippen molar-refractivity contribution in [2.24, 2.45) is 5.92 Å². The molecule has 100 valence electrons. The summed E-state index contributed by atoms with van der Waals surface area (Å²) in [7, 11) is 0. The first-order valence-electron chi connectivity index (χ1n) is 6.23. The summed E-state index contributed by atoms with van der Waals surface area (Å²) in [5.41, 5.74) is 1.02. The second kappa shape index (κ2) is 5.65. The first-order valence-corrected chi connectivity index (χ1v) is 6.23. The number of amides is 1. The van der Waals surface area contributed by atoms with Gasteiger partial charge in [0.1, 0.15) is 0 Å². The molecule has 0 bridgehead atoms. The number of anilines is 1. The van der Waals surface area contributed by atoms with Crippen LogP contribution in [-0.2, 0) is 11.3 Å². The molecule has 0 N–H and O–H groups in total. The summed E-state index contributed by atoms with van der Waals surface area (Å²) in [6.07, 6.45) is 0. The van der Waals surface area contributed by atoms with Crippen molar-refractivity contribution in [3.8, 4) is 0 Å². The van der Waals surface area contributed by atoms with Crippen LogP contribution in [0.2, 0.25) is 0 Å². The molecule has 0 saturated carbocycles. The van der Waals surface area contributed by atoms with E-state index in [1.54, 1.807) is 6.92 Å². The van der Waals surface area contributed by atoms with Crippen LogP contribution in [0.5, 0.6) is 0 Å². The molecule has 5 nitrogen and oxygen atoms in total. The second-order valence-corrected chi connectivity index (χ2v) is 4.69. The maximum absolute atomic E-state index is 12.3. The third kappa shape index (κ3) is 3.19. The Labute approximate surface area is 112 Å². The van der Waals surface area contributed by atoms with E-state index in [1.165, 1.54) is 4.90 Å². The molecule has 0 radical (unpaired) electrons. The molecule has 0 atom stereocenters. The zero-order valence-electron chi connectivity index (χ0n) is 11.3. The third-order valence-corrected chi connectivity index (χ3v) is 2.69. The summed E-state index contributed by atoms with van der Waals surface area (Å²) in [6.45, 7) is 5.86. The van der Waals surface area contributed by atoms with E-state index >= 15 is 0 Å². The van der Waals surface area contributed by atoms with Gasteiger partial charge in [0.05, 0.1) is 6.54 Å². The summed E-state index contributed by atoms with van der Waals surface area (Å²) in [4.78, 5) is 17.9. The Morgan fingerprint density at radius 2 is 2.00 bits per heavy atom. The Kier molecular flexibility index (Phi) is 3.94. The van der Waals surface area contributed by atoms with Gasteiger partial charge in [0.15, 0.2) is 5.82 Å². The molecule has 0 saturated heterocycles. The fraction of sp³-hybridized carbons (Fsp3) is 0.357. The molecule has 1 aromatic carbocycles. The fourth-order valence-corrected chi connectivity index (χ4v) is 1.71. The normalized spacial score (nSPS) is 10.7. The molecule has 0 spiro atoms. The van der Waals surface area contributed by atoms with Gasteiger partial charge in [-0.05, 0) is 12.5 Å². The van der Waals surface area contributed by atoms with E-state index in [9.17, 15) is 4.79 Å². The number of carbonyl (C=O) groups is 1. The Morgan fingerprint density at radius 3 is 2.53 bits per heavy atom. The molecule has 1 amide bonds. The number of carbonyl (C=O) groups excluding carboxylic acids is 1. The van der Waals surface area contributed by atoms with Gasteiger partial charge in [0, 0.05) is 5.92 Å². The molecule has 0 fully saturated rings. The standard InChI is InChI=1S/C14H17N3O2/c1-10(2)13(18)17(14-15-11(3)16-19-14)9-12-7-5-4-6-8-12/h4-8,10H,9H2,1-3H3. The number of hydrogen-bond acceptors (Lipinski definition) is 4. The Morgan fingerprint density at radius 1 is 1.32 bits per heavy atom. The van der Waals surface area contributed by atoms with Crippen LogP contribution >= 0.6 is 0 Å². The SMILES string of the molecule is Cc1noc(N(Cc2ccccc2)C(=O)C(C)C)n1. The van der Waals surface area contributed by atoms with Crippen molar-refractivity contribution in [1.82, 2.24) is 10.1 Å². The van der Waals surface area contributed by atoms with E-state index in [-0.39, 0.29) is 17.8 Å². The average molecular weight is 259 g/mol. The zero-order chi connectivity index (χ0) is 13.8. The lowest BCUT2D eigenvalue weighted by molar-refractivity contribution is -0.121. The van der Waals surface area contributed by atoms with Gasteiger partial charge in [-0.25, -0.2) is 0 Å². The van der Waals surface area contributed by atoms with Crippen LogP contribution in [0.1, 0.15) is 25.2 Å². The maximum atomic E-state index is 12.3. The number of aryl methyl sites for hydroxylation is 1. The van der Waals surface area contributed by atoms with E-state index in [0.717, 1.165) is 5.56 Å². The molecule has 0 aliphatic carbocycles. The highest BCUT2D eigenvalue weighted by molar-refractivity contribution is 5.92. The van der Waals surface area contributed by atoms with Crippen LogP contribution in [0.3, 0.4) is 0 Å². The smallest absolute Gasteiger partial charge is 0.315 e. The van der Waals surface area contributed by atoms with Crippen molar-refractivity contribution in [3.63, 3.8) is 0 Å². The van der Waals surface area contributed by atoms with Crippen LogP contribution in [-0.4, -0.2) is 16.0 Å². The molecular weight excluding hydrogens is 242 g/mol. The van der Waals surface area contributed by atoms with Crippen LogP contribution in [0.25, 0.3) is 0 Å². The monoisotopic (exact) mass is 259 g/mol.